The minimum absolute atomic E-state index is 0.0696. The molecule has 0 bridgehead atoms. The van der Waals surface area contributed by atoms with Crippen molar-refractivity contribution in [1.29, 1.82) is 0 Å². The van der Waals surface area contributed by atoms with E-state index in [1.807, 2.05) is 14.1 Å². The van der Waals surface area contributed by atoms with Gasteiger partial charge < -0.3 is 10.2 Å². The van der Waals surface area contributed by atoms with Gasteiger partial charge >= 0.3 is 0 Å². The number of nitrogens with zero attached hydrogens (tertiary/aromatic N) is 1. The number of Topliss-reactive ketones (excluding diaryl/α,β-unsaturated/α-hetero) is 1. The number of anilines is 2. The molecule has 0 saturated carbocycles. The van der Waals surface area contributed by atoms with E-state index in [-0.39, 0.29) is 11.8 Å². The van der Waals surface area contributed by atoms with Crippen molar-refractivity contribution < 1.29 is 4.79 Å². The van der Waals surface area contributed by atoms with Crippen molar-refractivity contribution in [3.8, 4) is 0 Å². The van der Waals surface area contributed by atoms with Gasteiger partial charge in [0.25, 0.3) is 0 Å². The number of hydrogen-bond donors (Lipinski definition) is 1. The lowest BCUT2D eigenvalue weighted by Crippen LogP contribution is -2.22. The molecule has 1 N–H and O–H groups in total. The molecule has 0 saturated heterocycles. The van der Waals surface area contributed by atoms with Gasteiger partial charge in [0.05, 0.1) is 6.04 Å². The highest BCUT2D eigenvalue weighted by Crippen LogP contribution is 2.48. The first kappa shape index (κ1) is 16.1. The third-order valence-corrected chi connectivity index (χ3v) is 5.79. The van der Waals surface area contributed by atoms with Gasteiger partial charge in [-0.05, 0) is 46.5 Å². The standard InChI is InChI=1S/C24H22N2O/c1-26(2)17-10-7-16(8-11-17)24-23-19(12-14-21(23)27)22-18-6-4-3-5-15(18)9-13-20(22)25-24/h3-11,13,24-25H,12,14H2,1-2H3/t24-/m0/s1. The monoisotopic (exact) mass is 354 g/mol. The second kappa shape index (κ2) is 5.98. The van der Waals surface area contributed by atoms with Gasteiger partial charge in [0.2, 0.25) is 0 Å². The Bertz CT molecular complexity index is 1090. The van der Waals surface area contributed by atoms with E-state index in [0.717, 1.165) is 28.9 Å². The van der Waals surface area contributed by atoms with E-state index < -0.39 is 0 Å². The minimum Gasteiger partial charge on any atom is -0.378 e. The van der Waals surface area contributed by atoms with Crippen molar-refractivity contribution in [2.75, 3.05) is 24.3 Å². The molecule has 27 heavy (non-hydrogen) atoms. The molecule has 3 aromatic rings. The van der Waals surface area contributed by atoms with Gasteiger partial charge in [0.15, 0.2) is 5.78 Å². The molecule has 0 unspecified atom stereocenters. The Balaban J connectivity index is 1.69. The largest absolute Gasteiger partial charge is 0.378 e. The van der Waals surface area contributed by atoms with Crippen LogP contribution in [-0.4, -0.2) is 19.9 Å². The summed E-state index contributed by atoms with van der Waals surface area (Å²) in [6.45, 7) is 0. The normalized spacial score (nSPS) is 18.3. The summed E-state index contributed by atoms with van der Waals surface area (Å²) < 4.78 is 0. The SMILES string of the molecule is CN(C)c1ccc([C@@H]2Nc3ccc4ccccc4c3C3=C2C(=O)CC3)cc1. The number of fused-ring (bicyclic) bond motifs is 4. The molecule has 1 aliphatic heterocycles. The number of rotatable bonds is 2. The van der Waals surface area contributed by atoms with Gasteiger partial charge in [0.1, 0.15) is 0 Å². The van der Waals surface area contributed by atoms with Gasteiger partial charge in [-0.2, -0.15) is 0 Å². The van der Waals surface area contributed by atoms with Crippen molar-refractivity contribution >= 4 is 33.5 Å². The number of allylic oxidation sites excluding steroid dienone is 1. The molecule has 2 aliphatic rings. The van der Waals surface area contributed by atoms with Crippen LogP contribution in [0.5, 0.6) is 0 Å². The third-order valence-electron chi connectivity index (χ3n) is 5.79. The number of hydrogen-bond acceptors (Lipinski definition) is 3. The molecule has 5 rings (SSSR count). The first-order chi connectivity index (χ1) is 13.1. The molecular formula is C24H22N2O. The highest BCUT2D eigenvalue weighted by atomic mass is 16.1. The van der Waals surface area contributed by atoms with Crippen LogP contribution in [0.4, 0.5) is 11.4 Å². The van der Waals surface area contributed by atoms with Crippen molar-refractivity contribution in [1.82, 2.24) is 0 Å². The van der Waals surface area contributed by atoms with Crippen LogP contribution >= 0.6 is 0 Å². The lowest BCUT2D eigenvalue weighted by Gasteiger charge is -2.30. The number of carbonyl (C=O) groups excluding carboxylic acids is 1. The second-order valence-corrected chi connectivity index (χ2v) is 7.59. The Kier molecular flexibility index (Phi) is 3.57. The molecule has 3 aromatic carbocycles. The van der Waals surface area contributed by atoms with Crippen LogP contribution in [0.2, 0.25) is 0 Å². The quantitative estimate of drug-likeness (QED) is 0.687. The van der Waals surface area contributed by atoms with E-state index in [4.69, 9.17) is 0 Å². The van der Waals surface area contributed by atoms with Gasteiger partial charge in [0, 0.05) is 43.0 Å². The van der Waals surface area contributed by atoms with Crippen LogP contribution in [0.25, 0.3) is 16.3 Å². The molecular weight excluding hydrogens is 332 g/mol. The van der Waals surface area contributed by atoms with Gasteiger partial charge in [-0.1, -0.05) is 42.5 Å². The maximum Gasteiger partial charge on any atom is 0.161 e. The fourth-order valence-corrected chi connectivity index (χ4v) is 4.43. The fourth-order valence-electron chi connectivity index (χ4n) is 4.43. The number of nitrogens with one attached hydrogen (secondary N) is 1. The van der Waals surface area contributed by atoms with E-state index in [1.54, 1.807) is 0 Å². The van der Waals surface area contributed by atoms with E-state index in [2.05, 4.69) is 70.9 Å². The smallest absolute Gasteiger partial charge is 0.161 e. The van der Waals surface area contributed by atoms with Gasteiger partial charge in [-0.25, -0.2) is 0 Å². The topological polar surface area (TPSA) is 32.3 Å². The zero-order chi connectivity index (χ0) is 18.5. The van der Waals surface area contributed by atoms with Crippen LogP contribution in [0, 0.1) is 0 Å². The Labute approximate surface area is 159 Å². The summed E-state index contributed by atoms with van der Waals surface area (Å²) in [5.74, 6) is 0.276. The maximum atomic E-state index is 12.8. The molecule has 0 spiro atoms. The molecule has 1 heterocycles. The zero-order valence-corrected chi connectivity index (χ0v) is 15.6. The summed E-state index contributed by atoms with van der Waals surface area (Å²) in [6, 6.07) is 21.2. The number of carbonyl (C=O) groups is 1. The molecule has 1 atom stereocenters. The molecule has 1 aliphatic carbocycles. The van der Waals surface area contributed by atoms with Crippen molar-refractivity contribution in [2.45, 2.75) is 18.9 Å². The summed E-state index contributed by atoms with van der Waals surface area (Å²) in [5.41, 5.74) is 6.83. The predicted molar refractivity (Wildman–Crippen MR) is 112 cm³/mol. The molecule has 134 valence electrons. The average molecular weight is 354 g/mol. The lowest BCUT2D eigenvalue weighted by atomic mass is 9.85. The first-order valence-corrected chi connectivity index (χ1v) is 9.45. The molecule has 3 nitrogen and oxygen atoms in total. The van der Waals surface area contributed by atoms with E-state index in [1.165, 1.54) is 21.9 Å². The summed E-state index contributed by atoms with van der Waals surface area (Å²) in [4.78, 5) is 14.9. The lowest BCUT2D eigenvalue weighted by molar-refractivity contribution is -0.115. The Morgan fingerprint density at radius 1 is 0.926 bits per heavy atom. The van der Waals surface area contributed by atoms with E-state index >= 15 is 0 Å². The Morgan fingerprint density at radius 2 is 1.70 bits per heavy atom. The van der Waals surface area contributed by atoms with E-state index in [9.17, 15) is 4.79 Å². The first-order valence-electron chi connectivity index (χ1n) is 9.45. The molecule has 0 aromatic heterocycles. The molecule has 0 fully saturated rings. The number of benzene rings is 3. The van der Waals surface area contributed by atoms with E-state index in [0.29, 0.717) is 6.42 Å². The summed E-state index contributed by atoms with van der Waals surface area (Å²) >= 11 is 0. The Morgan fingerprint density at radius 3 is 2.48 bits per heavy atom. The average Bonchev–Trinajstić information content (AvgIpc) is 3.09. The van der Waals surface area contributed by atoms with Crippen LogP contribution in [0.1, 0.15) is 30.0 Å². The minimum atomic E-state index is -0.0696. The van der Waals surface area contributed by atoms with Crippen LogP contribution in [0.15, 0.2) is 66.2 Å². The second-order valence-electron chi connectivity index (χ2n) is 7.59. The third kappa shape index (κ3) is 2.46. The van der Waals surface area contributed by atoms with Crippen molar-refractivity contribution in [3.05, 3.63) is 77.4 Å². The Hall–Kier alpha value is -3.07. The van der Waals surface area contributed by atoms with Crippen molar-refractivity contribution in [2.24, 2.45) is 0 Å². The zero-order valence-electron chi connectivity index (χ0n) is 15.6. The summed E-state index contributed by atoms with van der Waals surface area (Å²) in [5, 5.41) is 6.11. The van der Waals surface area contributed by atoms with Crippen molar-refractivity contribution in [3.63, 3.8) is 0 Å². The summed E-state index contributed by atoms with van der Waals surface area (Å²) in [7, 11) is 4.08. The highest BCUT2D eigenvalue weighted by molar-refractivity contribution is 6.14. The van der Waals surface area contributed by atoms with Crippen LogP contribution < -0.4 is 10.2 Å². The number of ketones is 1. The van der Waals surface area contributed by atoms with Crippen LogP contribution in [-0.2, 0) is 4.79 Å². The predicted octanol–water partition coefficient (Wildman–Crippen LogP) is 5.19. The highest BCUT2D eigenvalue weighted by Gasteiger charge is 2.36. The molecule has 3 heteroatoms. The van der Waals surface area contributed by atoms with Gasteiger partial charge in [-0.15, -0.1) is 0 Å². The fraction of sp³-hybridized carbons (Fsp3) is 0.208. The molecule has 0 radical (unpaired) electrons. The van der Waals surface area contributed by atoms with Crippen LogP contribution in [0.3, 0.4) is 0 Å². The van der Waals surface area contributed by atoms with Gasteiger partial charge in [-0.3, -0.25) is 4.79 Å². The molecule has 0 amide bonds. The summed E-state index contributed by atoms with van der Waals surface area (Å²) in [6.07, 6.45) is 1.45. The maximum absolute atomic E-state index is 12.8.